The molecule has 2 aliphatic heterocycles. The first-order valence-electron chi connectivity index (χ1n) is 11.5. The molecule has 0 atom stereocenters. The van der Waals surface area contributed by atoms with Gasteiger partial charge in [-0.1, -0.05) is 24.3 Å². The number of carbonyl (C=O) groups is 1. The third-order valence-corrected chi connectivity index (χ3v) is 6.53. The van der Waals surface area contributed by atoms with Crippen LogP contribution in [-0.2, 0) is 0 Å². The number of nitrogens with zero attached hydrogens (tertiary/aromatic N) is 2. The SMILES string of the molecule is Cc1cc(C2=CCN(C(=N)N)CC2)c(F)cc1NC(=O)c1ccc(C2=CCN(C(=N)N)CC2)cc1. The number of nitrogens with two attached hydrogens (primary N) is 2. The lowest BCUT2D eigenvalue weighted by Gasteiger charge is -2.27. The normalized spacial score (nSPS) is 15.8. The smallest absolute Gasteiger partial charge is 0.255 e. The van der Waals surface area contributed by atoms with Crippen molar-refractivity contribution in [1.82, 2.24) is 9.80 Å². The van der Waals surface area contributed by atoms with Crippen molar-refractivity contribution in [3.63, 3.8) is 0 Å². The molecule has 4 rings (SSSR count). The van der Waals surface area contributed by atoms with Crippen molar-refractivity contribution in [1.29, 1.82) is 10.8 Å². The molecular weight excluding hydrogens is 445 g/mol. The number of hydrogen-bond acceptors (Lipinski definition) is 3. The van der Waals surface area contributed by atoms with Gasteiger partial charge < -0.3 is 26.6 Å². The zero-order valence-electron chi connectivity index (χ0n) is 19.7. The minimum Gasteiger partial charge on any atom is -0.370 e. The Bertz CT molecular complexity index is 1230. The number of benzene rings is 2. The van der Waals surface area contributed by atoms with E-state index >= 15 is 0 Å². The summed E-state index contributed by atoms with van der Waals surface area (Å²) < 4.78 is 15.0. The minimum atomic E-state index is -0.396. The van der Waals surface area contributed by atoms with E-state index in [0.29, 0.717) is 49.4 Å². The molecule has 2 heterocycles. The van der Waals surface area contributed by atoms with Gasteiger partial charge in [0, 0.05) is 43.0 Å². The number of carbonyl (C=O) groups excluding carboxylic acids is 1. The number of halogens is 1. The van der Waals surface area contributed by atoms with Crippen LogP contribution in [0.1, 0.15) is 39.9 Å². The molecule has 0 fully saturated rings. The molecule has 2 aromatic rings. The molecule has 0 spiro atoms. The zero-order chi connectivity index (χ0) is 25.1. The van der Waals surface area contributed by atoms with Gasteiger partial charge in [0.25, 0.3) is 5.91 Å². The molecule has 182 valence electrons. The Morgan fingerprint density at radius 1 is 0.943 bits per heavy atom. The van der Waals surface area contributed by atoms with Crippen molar-refractivity contribution in [3.05, 3.63) is 76.6 Å². The van der Waals surface area contributed by atoms with Crippen LogP contribution in [0.4, 0.5) is 10.1 Å². The van der Waals surface area contributed by atoms with Gasteiger partial charge in [-0.2, -0.15) is 0 Å². The predicted octanol–water partition coefficient (Wildman–Crippen LogP) is 3.35. The highest BCUT2D eigenvalue weighted by molar-refractivity contribution is 6.05. The maximum atomic E-state index is 15.0. The summed E-state index contributed by atoms with van der Waals surface area (Å²) in [4.78, 5) is 16.3. The molecule has 0 radical (unpaired) electrons. The first-order chi connectivity index (χ1) is 16.7. The van der Waals surface area contributed by atoms with Crippen molar-refractivity contribution in [2.45, 2.75) is 19.8 Å². The maximum Gasteiger partial charge on any atom is 0.255 e. The van der Waals surface area contributed by atoms with Crippen LogP contribution in [0.25, 0.3) is 11.1 Å². The van der Waals surface area contributed by atoms with E-state index in [0.717, 1.165) is 28.7 Å². The van der Waals surface area contributed by atoms with Gasteiger partial charge in [0.1, 0.15) is 5.82 Å². The Kier molecular flexibility index (Phi) is 6.86. The summed E-state index contributed by atoms with van der Waals surface area (Å²) in [6.07, 6.45) is 5.31. The molecule has 0 saturated heterocycles. The largest absolute Gasteiger partial charge is 0.370 e. The number of anilines is 1. The average molecular weight is 476 g/mol. The lowest BCUT2D eigenvalue weighted by atomic mass is 9.96. The van der Waals surface area contributed by atoms with Gasteiger partial charge in [-0.3, -0.25) is 15.6 Å². The van der Waals surface area contributed by atoms with Crippen molar-refractivity contribution in [2.24, 2.45) is 11.5 Å². The summed E-state index contributed by atoms with van der Waals surface area (Å²) in [6, 6.07) is 10.4. The second-order valence-corrected chi connectivity index (χ2v) is 8.80. The van der Waals surface area contributed by atoms with E-state index < -0.39 is 5.82 Å². The summed E-state index contributed by atoms with van der Waals surface area (Å²) in [5, 5.41) is 17.9. The summed E-state index contributed by atoms with van der Waals surface area (Å²) in [7, 11) is 0. The van der Waals surface area contributed by atoms with E-state index in [2.05, 4.69) is 5.32 Å². The molecule has 0 saturated carbocycles. The number of aryl methyl sites for hydroxylation is 1. The van der Waals surface area contributed by atoms with Crippen molar-refractivity contribution >= 4 is 34.7 Å². The van der Waals surface area contributed by atoms with E-state index in [1.165, 1.54) is 6.07 Å². The van der Waals surface area contributed by atoms with Crippen LogP contribution in [0, 0.1) is 23.6 Å². The third-order valence-electron chi connectivity index (χ3n) is 6.53. The van der Waals surface area contributed by atoms with E-state index in [1.54, 1.807) is 28.0 Å². The molecule has 1 amide bonds. The van der Waals surface area contributed by atoms with Crippen molar-refractivity contribution in [3.8, 4) is 0 Å². The Balaban J connectivity index is 1.44. The summed E-state index contributed by atoms with van der Waals surface area (Å²) in [6.45, 7) is 4.17. The van der Waals surface area contributed by atoms with Crippen LogP contribution < -0.4 is 16.8 Å². The molecule has 2 aliphatic rings. The highest BCUT2D eigenvalue weighted by atomic mass is 19.1. The predicted molar refractivity (Wildman–Crippen MR) is 138 cm³/mol. The van der Waals surface area contributed by atoms with Crippen molar-refractivity contribution < 1.29 is 9.18 Å². The van der Waals surface area contributed by atoms with E-state index in [-0.39, 0.29) is 17.8 Å². The van der Waals surface area contributed by atoms with Gasteiger partial charge in [0.2, 0.25) is 0 Å². The van der Waals surface area contributed by atoms with Crippen LogP contribution in [0.3, 0.4) is 0 Å². The van der Waals surface area contributed by atoms with Crippen LogP contribution >= 0.6 is 0 Å². The monoisotopic (exact) mass is 475 g/mol. The average Bonchev–Trinajstić information content (AvgIpc) is 2.86. The Morgan fingerprint density at radius 3 is 2.03 bits per heavy atom. The first kappa shape index (κ1) is 24.0. The highest BCUT2D eigenvalue weighted by Gasteiger charge is 2.19. The first-order valence-corrected chi connectivity index (χ1v) is 11.5. The Hall–Kier alpha value is -4.14. The fourth-order valence-electron chi connectivity index (χ4n) is 4.38. The molecule has 0 aliphatic carbocycles. The number of guanidine groups is 2. The van der Waals surface area contributed by atoms with Gasteiger partial charge >= 0.3 is 0 Å². The summed E-state index contributed by atoms with van der Waals surface area (Å²) >= 11 is 0. The van der Waals surface area contributed by atoms with Gasteiger partial charge in [-0.05, 0) is 66.3 Å². The molecule has 9 heteroatoms. The quantitative estimate of drug-likeness (QED) is 0.341. The minimum absolute atomic E-state index is 0.0122. The van der Waals surface area contributed by atoms with Gasteiger partial charge in [-0.15, -0.1) is 0 Å². The molecule has 0 bridgehead atoms. The van der Waals surface area contributed by atoms with Gasteiger partial charge in [-0.25, -0.2) is 4.39 Å². The van der Waals surface area contributed by atoms with Crippen LogP contribution in [-0.4, -0.2) is 53.8 Å². The topological polar surface area (TPSA) is 135 Å². The number of rotatable bonds is 4. The van der Waals surface area contributed by atoms with Gasteiger partial charge in [0.15, 0.2) is 11.9 Å². The standard InChI is InChI=1S/C26H30FN7O/c1-16-14-21(19-8-12-34(13-9-19)26(30)31)22(27)15-23(16)32-24(35)20-4-2-17(3-5-20)18-6-10-33(11-7-18)25(28)29/h2-6,8,14-15H,7,9-13H2,1H3,(H3,28,29)(H3,30,31)(H,32,35). The lowest BCUT2D eigenvalue weighted by molar-refractivity contribution is 0.102. The molecule has 0 aromatic heterocycles. The number of hydrogen-bond donors (Lipinski definition) is 5. The Labute approximate surface area is 204 Å². The van der Waals surface area contributed by atoms with E-state index in [1.807, 2.05) is 31.2 Å². The van der Waals surface area contributed by atoms with Crippen molar-refractivity contribution in [2.75, 3.05) is 31.5 Å². The van der Waals surface area contributed by atoms with Crippen LogP contribution in [0.5, 0.6) is 0 Å². The number of amides is 1. The highest BCUT2D eigenvalue weighted by Crippen LogP contribution is 2.29. The lowest BCUT2D eigenvalue weighted by Crippen LogP contribution is -2.39. The second-order valence-electron chi connectivity index (χ2n) is 8.80. The fourth-order valence-corrected chi connectivity index (χ4v) is 4.38. The molecule has 7 N–H and O–H groups in total. The molecule has 2 aromatic carbocycles. The van der Waals surface area contributed by atoms with Gasteiger partial charge in [0.05, 0.1) is 0 Å². The molecular formula is C26H30FN7O. The third kappa shape index (κ3) is 5.34. The molecule has 0 unspecified atom stereocenters. The summed E-state index contributed by atoms with van der Waals surface area (Å²) in [5.41, 5.74) is 16.3. The summed E-state index contributed by atoms with van der Waals surface area (Å²) in [5.74, 6) is -0.617. The van der Waals surface area contributed by atoms with Crippen LogP contribution in [0.2, 0.25) is 0 Å². The van der Waals surface area contributed by atoms with E-state index in [9.17, 15) is 9.18 Å². The zero-order valence-corrected chi connectivity index (χ0v) is 19.7. The maximum absolute atomic E-state index is 15.0. The molecule has 35 heavy (non-hydrogen) atoms. The fraction of sp³-hybridized carbons (Fsp3) is 0.269. The van der Waals surface area contributed by atoms with Crippen LogP contribution in [0.15, 0.2) is 48.6 Å². The second kappa shape index (κ2) is 10.0. The van der Waals surface area contributed by atoms with E-state index in [4.69, 9.17) is 22.3 Å². The molecule has 8 nitrogen and oxygen atoms in total. The number of nitrogens with one attached hydrogen (secondary N) is 3. The Morgan fingerprint density at radius 2 is 1.51 bits per heavy atom.